The summed E-state index contributed by atoms with van der Waals surface area (Å²) in [5, 5.41) is 2.76. The lowest BCUT2D eigenvalue weighted by atomic mass is 10.2. The van der Waals surface area contributed by atoms with E-state index in [1.807, 2.05) is 62.3 Å². The van der Waals surface area contributed by atoms with Gasteiger partial charge >= 0.3 is 5.97 Å². The van der Waals surface area contributed by atoms with Crippen molar-refractivity contribution >= 4 is 29.3 Å². The van der Waals surface area contributed by atoms with Gasteiger partial charge in [0.05, 0.1) is 5.56 Å². The molecule has 1 amide bonds. The van der Waals surface area contributed by atoms with Crippen molar-refractivity contribution in [1.82, 2.24) is 5.32 Å². The summed E-state index contributed by atoms with van der Waals surface area (Å²) < 4.78 is 5.14. The molecule has 0 radical (unpaired) electrons. The third-order valence-corrected chi connectivity index (χ3v) is 4.64. The zero-order valence-electron chi connectivity index (χ0n) is 15.3. The third kappa shape index (κ3) is 5.81. The van der Waals surface area contributed by atoms with Crippen LogP contribution >= 0.6 is 11.8 Å². The van der Waals surface area contributed by atoms with E-state index >= 15 is 0 Å². The van der Waals surface area contributed by atoms with Crippen LogP contribution in [-0.2, 0) is 16.1 Å². The highest BCUT2D eigenvalue weighted by molar-refractivity contribution is 7.99. The number of esters is 1. The SMILES string of the molecule is CCSc1ccccc1C(=O)OCC(=O)NCc1ccc(N(C)C)cc1. The number of amides is 1. The highest BCUT2D eigenvalue weighted by Gasteiger charge is 2.14. The summed E-state index contributed by atoms with van der Waals surface area (Å²) >= 11 is 1.57. The Morgan fingerprint density at radius 3 is 2.42 bits per heavy atom. The third-order valence-electron chi connectivity index (χ3n) is 3.68. The van der Waals surface area contributed by atoms with Gasteiger partial charge in [0.25, 0.3) is 5.91 Å². The van der Waals surface area contributed by atoms with E-state index in [-0.39, 0.29) is 12.5 Å². The van der Waals surface area contributed by atoms with Crippen LogP contribution in [0, 0.1) is 0 Å². The number of ether oxygens (including phenoxy) is 1. The molecule has 2 rings (SSSR count). The lowest BCUT2D eigenvalue weighted by molar-refractivity contribution is -0.124. The highest BCUT2D eigenvalue weighted by atomic mass is 32.2. The van der Waals surface area contributed by atoms with Crippen LogP contribution < -0.4 is 10.2 Å². The zero-order valence-corrected chi connectivity index (χ0v) is 16.1. The summed E-state index contributed by atoms with van der Waals surface area (Å²) in [5.41, 5.74) is 2.57. The van der Waals surface area contributed by atoms with Gasteiger partial charge in [-0.15, -0.1) is 11.8 Å². The largest absolute Gasteiger partial charge is 0.452 e. The molecule has 0 aliphatic rings. The van der Waals surface area contributed by atoms with Crippen molar-refractivity contribution in [3.8, 4) is 0 Å². The molecule has 0 aromatic heterocycles. The molecule has 138 valence electrons. The first kappa shape index (κ1) is 19.8. The summed E-state index contributed by atoms with van der Waals surface area (Å²) in [6.07, 6.45) is 0. The number of nitrogens with one attached hydrogen (secondary N) is 1. The summed E-state index contributed by atoms with van der Waals surface area (Å²) in [4.78, 5) is 27.0. The molecule has 0 atom stereocenters. The molecule has 26 heavy (non-hydrogen) atoms. The van der Waals surface area contributed by atoms with Crippen LogP contribution in [0.2, 0.25) is 0 Å². The Morgan fingerprint density at radius 1 is 1.08 bits per heavy atom. The standard InChI is InChI=1S/C20H24N2O3S/c1-4-26-18-8-6-5-7-17(18)20(24)25-14-19(23)21-13-15-9-11-16(12-10-15)22(2)3/h5-12H,4,13-14H2,1-3H3,(H,21,23). The van der Waals surface area contributed by atoms with E-state index in [0.717, 1.165) is 21.9 Å². The molecule has 0 unspecified atom stereocenters. The van der Waals surface area contributed by atoms with Crippen LogP contribution in [0.15, 0.2) is 53.4 Å². The maximum Gasteiger partial charge on any atom is 0.339 e. The monoisotopic (exact) mass is 372 g/mol. The van der Waals surface area contributed by atoms with Crippen LogP contribution in [0.5, 0.6) is 0 Å². The predicted molar refractivity (Wildman–Crippen MR) is 106 cm³/mol. The van der Waals surface area contributed by atoms with Gasteiger partial charge < -0.3 is 15.0 Å². The van der Waals surface area contributed by atoms with E-state index < -0.39 is 5.97 Å². The number of hydrogen-bond acceptors (Lipinski definition) is 5. The van der Waals surface area contributed by atoms with Gasteiger partial charge in [-0.1, -0.05) is 31.2 Å². The fourth-order valence-corrected chi connectivity index (χ4v) is 3.08. The molecule has 0 aliphatic heterocycles. The van der Waals surface area contributed by atoms with Gasteiger partial charge in [0.15, 0.2) is 6.61 Å². The van der Waals surface area contributed by atoms with Gasteiger partial charge in [0, 0.05) is 31.2 Å². The minimum absolute atomic E-state index is 0.292. The van der Waals surface area contributed by atoms with Gasteiger partial charge in [-0.05, 0) is 35.6 Å². The minimum Gasteiger partial charge on any atom is -0.452 e. The maximum atomic E-state index is 12.2. The molecule has 0 aliphatic carbocycles. The average Bonchev–Trinajstić information content (AvgIpc) is 2.65. The lowest BCUT2D eigenvalue weighted by Gasteiger charge is -2.13. The maximum absolute atomic E-state index is 12.2. The van der Waals surface area contributed by atoms with Crippen LogP contribution in [0.25, 0.3) is 0 Å². The molecule has 2 aromatic carbocycles. The molecule has 0 saturated heterocycles. The molecule has 1 N–H and O–H groups in total. The van der Waals surface area contributed by atoms with E-state index in [9.17, 15) is 9.59 Å². The van der Waals surface area contributed by atoms with E-state index in [4.69, 9.17) is 4.74 Å². The van der Waals surface area contributed by atoms with Gasteiger partial charge in [-0.2, -0.15) is 0 Å². The Morgan fingerprint density at radius 2 is 1.77 bits per heavy atom. The van der Waals surface area contributed by atoms with E-state index in [1.54, 1.807) is 23.9 Å². The summed E-state index contributed by atoms with van der Waals surface area (Å²) in [6, 6.07) is 15.1. The molecule has 0 fully saturated rings. The molecule has 0 spiro atoms. The Balaban J connectivity index is 1.82. The molecule has 0 saturated carbocycles. The fourth-order valence-electron chi connectivity index (χ4n) is 2.29. The Bertz CT molecular complexity index is 745. The highest BCUT2D eigenvalue weighted by Crippen LogP contribution is 2.22. The Labute approximate surface area is 158 Å². The molecule has 6 heteroatoms. The Hall–Kier alpha value is -2.47. The number of rotatable bonds is 8. The molecular formula is C20H24N2O3S. The second kappa shape index (κ2) is 9.87. The smallest absolute Gasteiger partial charge is 0.339 e. The lowest BCUT2D eigenvalue weighted by Crippen LogP contribution is -2.28. The van der Waals surface area contributed by atoms with Crippen molar-refractivity contribution in [2.45, 2.75) is 18.4 Å². The molecule has 5 nitrogen and oxygen atoms in total. The first-order valence-electron chi connectivity index (χ1n) is 8.43. The van der Waals surface area contributed by atoms with Crippen molar-refractivity contribution in [2.24, 2.45) is 0 Å². The molecule has 0 heterocycles. The second-order valence-electron chi connectivity index (χ2n) is 5.84. The number of carbonyl (C=O) groups is 2. The summed E-state index contributed by atoms with van der Waals surface area (Å²) in [7, 11) is 3.95. The van der Waals surface area contributed by atoms with Gasteiger partial charge in [-0.3, -0.25) is 4.79 Å². The quantitative estimate of drug-likeness (QED) is 0.569. The van der Waals surface area contributed by atoms with E-state index in [1.165, 1.54) is 0 Å². The second-order valence-corrected chi connectivity index (χ2v) is 7.15. The van der Waals surface area contributed by atoms with Crippen molar-refractivity contribution in [3.63, 3.8) is 0 Å². The average molecular weight is 372 g/mol. The van der Waals surface area contributed by atoms with E-state index in [2.05, 4.69) is 5.32 Å². The normalized spacial score (nSPS) is 10.3. The molecule has 2 aromatic rings. The number of benzene rings is 2. The van der Waals surface area contributed by atoms with Crippen molar-refractivity contribution in [3.05, 3.63) is 59.7 Å². The number of anilines is 1. The van der Waals surface area contributed by atoms with Crippen molar-refractivity contribution in [2.75, 3.05) is 31.4 Å². The minimum atomic E-state index is -0.480. The van der Waals surface area contributed by atoms with Gasteiger partial charge in [-0.25, -0.2) is 4.79 Å². The Kier molecular flexibility index (Phi) is 7.53. The van der Waals surface area contributed by atoms with Crippen molar-refractivity contribution < 1.29 is 14.3 Å². The summed E-state index contributed by atoms with van der Waals surface area (Å²) in [5.74, 6) is 0.0555. The number of carbonyl (C=O) groups excluding carboxylic acids is 2. The predicted octanol–water partition coefficient (Wildman–Crippen LogP) is 3.34. The number of thioether (sulfide) groups is 1. The summed E-state index contributed by atoms with van der Waals surface area (Å²) in [6.45, 7) is 2.12. The fraction of sp³-hybridized carbons (Fsp3) is 0.300. The molecule has 0 bridgehead atoms. The van der Waals surface area contributed by atoms with E-state index in [0.29, 0.717) is 12.1 Å². The first-order chi connectivity index (χ1) is 12.5. The number of hydrogen-bond donors (Lipinski definition) is 1. The number of nitrogens with zero attached hydrogens (tertiary/aromatic N) is 1. The molecular weight excluding hydrogens is 348 g/mol. The van der Waals surface area contributed by atoms with Crippen LogP contribution in [0.3, 0.4) is 0 Å². The van der Waals surface area contributed by atoms with Crippen molar-refractivity contribution in [1.29, 1.82) is 0 Å². The van der Waals surface area contributed by atoms with Gasteiger partial charge in [0.1, 0.15) is 0 Å². The van der Waals surface area contributed by atoms with Crippen LogP contribution in [0.4, 0.5) is 5.69 Å². The zero-order chi connectivity index (χ0) is 18.9. The topological polar surface area (TPSA) is 58.6 Å². The van der Waals surface area contributed by atoms with Gasteiger partial charge in [0.2, 0.25) is 0 Å². The first-order valence-corrected chi connectivity index (χ1v) is 9.41. The van der Waals surface area contributed by atoms with Crippen LogP contribution in [0.1, 0.15) is 22.8 Å². The van der Waals surface area contributed by atoms with Crippen LogP contribution in [-0.4, -0.2) is 38.3 Å².